The monoisotopic (exact) mass is 394 g/mol. The molecule has 0 spiro atoms. The molecule has 0 aliphatic rings. The molecule has 6 heteroatoms. The van der Waals surface area contributed by atoms with Gasteiger partial charge in [-0.25, -0.2) is 4.79 Å². The highest BCUT2D eigenvalue weighted by Crippen LogP contribution is 2.28. The van der Waals surface area contributed by atoms with Crippen molar-refractivity contribution in [3.05, 3.63) is 44.5 Å². The molecule has 0 amide bonds. The predicted molar refractivity (Wildman–Crippen MR) is 79.1 cm³/mol. The number of carbonyl (C=O) groups excluding carboxylic acids is 1. The fourth-order valence-electron chi connectivity index (χ4n) is 1.09. The van der Waals surface area contributed by atoms with Crippen molar-refractivity contribution in [2.24, 2.45) is 0 Å². The summed E-state index contributed by atoms with van der Waals surface area (Å²) in [5, 5.41) is 0.590. The van der Waals surface area contributed by atoms with E-state index in [4.69, 9.17) is 16.3 Å². The van der Waals surface area contributed by atoms with Gasteiger partial charge in [-0.3, -0.25) is 0 Å². The fourth-order valence-corrected chi connectivity index (χ4v) is 1.76. The van der Waals surface area contributed by atoms with E-state index >= 15 is 0 Å². The molecule has 1 rings (SSSR count). The molecule has 1 aromatic carbocycles. The average molecular weight is 396 g/mol. The minimum Gasteiger partial charge on any atom is -0.466 e. The maximum atomic E-state index is 10.9. The number of hydrogen-bond donors (Lipinski definition) is 0. The van der Waals surface area contributed by atoms with Gasteiger partial charge in [-0.05, 0) is 56.1 Å². The Bertz CT molecular complexity index is 494. The van der Waals surface area contributed by atoms with Gasteiger partial charge in [0.1, 0.15) is 5.75 Å². The summed E-state index contributed by atoms with van der Waals surface area (Å²) in [7, 11) is 1.30. The van der Waals surface area contributed by atoms with Crippen molar-refractivity contribution >= 4 is 55.5 Å². The largest absolute Gasteiger partial charge is 0.466 e. The highest BCUT2D eigenvalue weighted by Gasteiger charge is 2.02. The second kappa shape index (κ2) is 7.61. The summed E-state index contributed by atoms with van der Waals surface area (Å²) in [5.41, 5.74) is 0.765. The molecule has 0 aromatic heterocycles. The summed E-state index contributed by atoms with van der Waals surface area (Å²) in [4.78, 5) is 10.9. The minimum atomic E-state index is -0.484. The van der Waals surface area contributed by atoms with Crippen LogP contribution in [-0.4, -0.2) is 13.1 Å². The van der Waals surface area contributed by atoms with Gasteiger partial charge in [0, 0.05) is 10.6 Å². The van der Waals surface area contributed by atoms with Gasteiger partial charge in [0.05, 0.1) is 22.8 Å². The molecule has 0 atom stereocenters. The third kappa shape index (κ3) is 5.25. The van der Waals surface area contributed by atoms with E-state index < -0.39 is 5.97 Å². The summed E-state index contributed by atoms with van der Waals surface area (Å²) in [6.45, 7) is 0. The van der Waals surface area contributed by atoms with E-state index in [-0.39, 0.29) is 0 Å². The van der Waals surface area contributed by atoms with E-state index in [1.165, 1.54) is 19.4 Å². The third-order valence-corrected chi connectivity index (χ3v) is 2.53. The molecule has 0 aliphatic carbocycles. The van der Waals surface area contributed by atoms with Gasteiger partial charge in [-0.1, -0.05) is 11.6 Å². The molecule has 0 fully saturated rings. The highest BCUT2D eigenvalue weighted by atomic mass is 79.9. The Hall–Kier alpha value is -0.780. The van der Waals surface area contributed by atoms with Gasteiger partial charge in [0.15, 0.2) is 0 Å². The molecule has 3 nitrogen and oxygen atoms in total. The zero-order valence-electron chi connectivity index (χ0n) is 9.32. The Labute approximate surface area is 127 Å². The Morgan fingerprint density at radius 2 is 2.11 bits per heavy atom. The lowest BCUT2D eigenvalue weighted by Crippen LogP contribution is -1.95. The minimum absolute atomic E-state index is 0.484. The maximum Gasteiger partial charge on any atom is 0.333 e. The van der Waals surface area contributed by atoms with E-state index in [0.717, 1.165) is 8.96 Å². The molecule has 0 saturated heterocycles. The van der Waals surface area contributed by atoms with Crippen molar-refractivity contribution in [1.29, 1.82) is 0 Å². The Morgan fingerprint density at radius 1 is 1.39 bits per heavy atom. The lowest BCUT2D eigenvalue weighted by Gasteiger charge is -2.05. The fraction of sp³-hybridized carbons (Fsp3) is 0.0833. The first-order valence-electron chi connectivity index (χ1n) is 4.76. The molecular weight excluding hydrogens is 387 g/mol. The lowest BCUT2D eigenvalue weighted by atomic mass is 10.2. The third-order valence-electron chi connectivity index (χ3n) is 1.84. The van der Waals surface area contributed by atoms with Crippen LogP contribution in [0.25, 0.3) is 6.08 Å². The molecule has 1 aromatic rings. The van der Waals surface area contributed by atoms with E-state index in [0.29, 0.717) is 10.8 Å². The Morgan fingerprint density at radius 3 is 2.72 bits per heavy atom. The Kier molecular flexibility index (Phi) is 6.46. The molecule has 18 heavy (non-hydrogen) atoms. The first-order chi connectivity index (χ1) is 8.52. The van der Waals surface area contributed by atoms with Crippen LogP contribution < -0.4 is 4.74 Å². The molecule has 0 bridgehead atoms. The Balaban J connectivity index is 2.91. The second-order valence-electron chi connectivity index (χ2n) is 3.06. The molecule has 0 heterocycles. The smallest absolute Gasteiger partial charge is 0.333 e. The van der Waals surface area contributed by atoms with Crippen molar-refractivity contribution in [1.82, 2.24) is 0 Å². The second-order valence-corrected chi connectivity index (χ2v) is 6.27. The van der Waals surface area contributed by atoms with Crippen molar-refractivity contribution in [2.45, 2.75) is 0 Å². The SMILES string of the molecule is COC(=O)/C=C/Oc1ccc(Cl)cc1C=C(Br)Br. The summed E-state index contributed by atoms with van der Waals surface area (Å²) in [6.07, 6.45) is 4.23. The zero-order valence-corrected chi connectivity index (χ0v) is 13.3. The first-order valence-corrected chi connectivity index (χ1v) is 6.72. The molecule has 96 valence electrons. The summed E-state index contributed by atoms with van der Waals surface area (Å²) >= 11 is 12.4. The zero-order chi connectivity index (χ0) is 13.5. The number of benzene rings is 1. The van der Waals surface area contributed by atoms with Crippen molar-refractivity contribution < 1.29 is 14.3 Å². The molecule has 0 saturated carbocycles. The van der Waals surface area contributed by atoms with Crippen LogP contribution in [-0.2, 0) is 9.53 Å². The van der Waals surface area contributed by atoms with Crippen LogP contribution in [0.4, 0.5) is 0 Å². The number of rotatable bonds is 4. The van der Waals surface area contributed by atoms with Gasteiger partial charge < -0.3 is 9.47 Å². The number of ether oxygens (including phenoxy) is 2. The van der Waals surface area contributed by atoms with Gasteiger partial charge in [0.25, 0.3) is 0 Å². The molecule has 0 radical (unpaired) electrons. The van der Waals surface area contributed by atoms with Gasteiger partial charge in [0.2, 0.25) is 0 Å². The predicted octanol–water partition coefficient (Wildman–Crippen LogP) is 4.49. The highest BCUT2D eigenvalue weighted by molar-refractivity contribution is 9.28. The van der Waals surface area contributed by atoms with Crippen LogP contribution in [0.3, 0.4) is 0 Å². The summed E-state index contributed by atoms with van der Waals surface area (Å²) in [6, 6.07) is 5.15. The first kappa shape index (κ1) is 15.3. The average Bonchev–Trinajstić information content (AvgIpc) is 2.31. The van der Waals surface area contributed by atoms with Crippen LogP contribution in [0.2, 0.25) is 5.02 Å². The van der Waals surface area contributed by atoms with E-state index in [1.807, 2.05) is 0 Å². The van der Waals surface area contributed by atoms with Crippen LogP contribution in [0.15, 0.2) is 33.9 Å². The van der Waals surface area contributed by atoms with Crippen LogP contribution in [0.5, 0.6) is 5.75 Å². The number of methoxy groups -OCH3 is 1. The quantitative estimate of drug-likeness (QED) is 0.427. The van der Waals surface area contributed by atoms with Gasteiger partial charge in [-0.2, -0.15) is 0 Å². The maximum absolute atomic E-state index is 10.9. The van der Waals surface area contributed by atoms with Crippen molar-refractivity contribution in [2.75, 3.05) is 7.11 Å². The molecule has 0 aliphatic heterocycles. The van der Waals surface area contributed by atoms with E-state index in [2.05, 4.69) is 36.6 Å². The van der Waals surface area contributed by atoms with Crippen LogP contribution in [0.1, 0.15) is 5.56 Å². The lowest BCUT2D eigenvalue weighted by molar-refractivity contribution is -0.134. The normalized spacial score (nSPS) is 10.2. The van der Waals surface area contributed by atoms with E-state index in [1.54, 1.807) is 24.3 Å². The molecule has 0 unspecified atom stereocenters. The number of halogens is 3. The topological polar surface area (TPSA) is 35.5 Å². The van der Waals surface area contributed by atoms with Crippen LogP contribution in [0, 0.1) is 0 Å². The standard InChI is InChI=1S/C12H9Br2ClO3/c1-17-12(16)4-5-18-10-3-2-9(15)6-8(10)7-11(13)14/h2-7H,1H3/b5-4+. The molecular formula is C12H9Br2ClO3. The van der Waals surface area contributed by atoms with Crippen LogP contribution >= 0.6 is 43.5 Å². The van der Waals surface area contributed by atoms with Crippen molar-refractivity contribution in [3.8, 4) is 5.75 Å². The van der Waals surface area contributed by atoms with E-state index in [9.17, 15) is 4.79 Å². The van der Waals surface area contributed by atoms with Gasteiger partial charge >= 0.3 is 5.97 Å². The summed E-state index contributed by atoms with van der Waals surface area (Å²) < 4.78 is 10.5. The number of carbonyl (C=O) groups is 1. The van der Waals surface area contributed by atoms with Gasteiger partial charge in [-0.15, -0.1) is 0 Å². The molecule has 0 N–H and O–H groups in total. The number of hydrogen-bond acceptors (Lipinski definition) is 3. The summed E-state index contributed by atoms with van der Waals surface area (Å²) in [5.74, 6) is 0.0821. The van der Waals surface area contributed by atoms with Crippen molar-refractivity contribution in [3.63, 3.8) is 0 Å². The number of esters is 1.